The van der Waals surface area contributed by atoms with Crippen molar-refractivity contribution in [2.75, 3.05) is 5.32 Å². The summed E-state index contributed by atoms with van der Waals surface area (Å²) in [6.07, 6.45) is 0. The first-order chi connectivity index (χ1) is 10.6. The zero-order valence-corrected chi connectivity index (χ0v) is 12.3. The van der Waals surface area contributed by atoms with Crippen molar-refractivity contribution < 1.29 is 14.3 Å². The molecule has 3 N–H and O–H groups in total. The van der Waals surface area contributed by atoms with Gasteiger partial charge in [0.15, 0.2) is 0 Å². The summed E-state index contributed by atoms with van der Waals surface area (Å²) >= 11 is 0. The summed E-state index contributed by atoms with van der Waals surface area (Å²) in [5.41, 5.74) is 1.97. The topological polar surface area (TPSA) is 61.4 Å². The molecule has 0 saturated heterocycles. The number of aliphatic hydroxyl groups excluding tert-OH is 1. The third kappa shape index (κ3) is 4.30. The molecule has 0 aliphatic heterocycles. The number of nitrogens with one attached hydrogen (secondary N) is 2. The number of carbonyl (C=O) groups excluding carboxylic acids is 1. The molecule has 0 fully saturated rings. The Labute approximate surface area is 129 Å². The maximum Gasteiger partial charge on any atom is 0.242 e. The Kier molecular flexibility index (Phi) is 5.49. The number of benzene rings is 2. The van der Waals surface area contributed by atoms with Crippen molar-refractivity contribution >= 4 is 11.6 Å². The molecule has 22 heavy (non-hydrogen) atoms. The van der Waals surface area contributed by atoms with Crippen molar-refractivity contribution in [1.82, 2.24) is 5.32 Å². The minimum Gasteiger partial charge on any atom is -0.392 e. The van der Waals surface area contributed by atoms with Crippen molar-refractivity contribution in [1.29, 1.82) is 0 Å². The highest BCUT2D eigenvalue weighted by molar-refractivity contribution is 5.84. The van der Waals surface area contributed by atoms with E-state index in [1.807, 2.05) is 6.07 Å². The van der Waals surface area contributed by atoms with Gasteiger partial charge in [-0.2, -0.15) is 0 Å². The Hall–Kier alpha value is -2.40. The fraction of sp³-hybridized carbons (Fsp3) is 0.235. The van der Waals surface area contributed by atoms with Crippen molar-refractivity contribution in [3.63, 3.8) is 0 Å². The van der Waals surface area contributed by atoms with Crippen LogP contribution >= 0.6 is 0 Å². The van der Waals surface area contributed by atoms with Crippen LogP contribution in [-0.2, 0) is 17.9 Å². The maximum atomic E-state index is 13.5. The Balaban J connectivity index is 1.90. The van der Waals surface area contributed by atoms with Crippen LogP contribution in [0.25, 0.3) is 0 Å². The lowest BCUT2D eigenvalue weighted by Crippen LogP contribution is -2.37. The minimum absolute atomic E-state index is 0.0522. The molecule has 116 valence electrons. The van der Waals surface area contributed by atoms with Gasteiger partial charge in [0, 0.05) is 17.8 Å². The molecule has 2 aromatic carbocycles. The van der Waals surface area contributed by atoms with Crippen molar-refractivity contribution in [3.05, 3.63) is 65.5 Å². The second-order valence-electron chi connectivity index (χ2n) is 5.03. The Morgan fingerprint density at radius 2 is 2.00 bits per heavy atom. The Morgan fingerprint density at radius 1 is 1.23 bits per heavy atom. The van der Waals surface area contributed by atoms with E-state index < -0.39 is 6.04 Å². The van der Waals surface area contributed by atoms with Gasteiger partial charge in [-0.1, -0.05) is 30.3 Å². The largest absolute Gasteiger partial charge is 0.392 e. The van der Waals surface area contributed by atoms with Crippen molar-refractivity contribution in [2.45, 2.75) is 26.1 Å². The lowest BCUT2D eigenvalue weighted by molar-refractivity contribution is -0.121. The first-order valence-electron chi connectivity index (χ1n) is 7.07. The highest BCUT2D eigenvalue weighted by atomic mass is 19.1. The van der Waals surface area contributed by atoms with E-state index in [0.717, 1.165) is 11.3 Å². The number of hydrogen-bond donors (Lipinski definition) is 3. The van der Waals surface area contributed by atoms with Gasteiger partial charge in [-0.15, -0.1) is 0 Å². The zero-order valence-electron chi connectivity index (χ0n) is 12.3. The van der Waals surface area contributed by atoms with Gasteiger partial charge in [0.2, 0.25) is 5.91 Å². The van der Waals surface area contributed by atoms with Gasteiger partial charge < -0.3 is 15.7 Å². The highest BCUT2D eigenvalue weighted by Gasteiger charge is 2.13. The van der Waals surface area contributed by atoms with E-state index in [-0.39, 0.29) is 24.9 Å². The van der Waals surface area contributed by atoms with Gasteiger partial charge >= 0.3 is 0 Å². The predicted octanol–water partition coefficient (Wildman–Crippen LogP) is 2.43. The molecule has 0 aromatic heterocycles. The van der Waals surface area contributed by atoms with Crippen LogP contribution in [-0.4, -0.2) is 17.1 Å². The molecule has 0 aliphatic rings. The molecule has 1 unspecified atom stereocenters. The molecule has 4 nitrogen and oxygen atoms in total. The zero-order chi connectivity index (χ0) is 15.9. The third-order valence-electron chi connectivity index (χ3n) is 3.30. The number of carbonyl (C=O) groups is 1. The van der Waals surface area contributed by atoms with Crippen LogP contribution in [0, 0.1) is 5.82 Å². The molecular weight excluding hydrogens is 283 g/mol. The van der Waals surface area contributed by atoms with Crippen LogP contribution in [0.4, 0.5) is 10.1 Å². The maximum absolute atomic E-state index is 13.5. The quantitative estimate of drug-likeness (QED) is 0.768. The van der Waals surface area contributed by atoms with E-state index in [1.165, 1.54) is 6.07 Å². The third-order valence-corrected chi connectivity index (χ3v) is 3.30. The van der Waals surface area contributed by atoms with Gasteiger partial charge in [-0.25, -0.2) is 4.39 Å². The fourth-order valence-corrected chi connectivity index (χ4v) is 2.05. The van der Waals surface area contributed by atoms with Crippen LogP contribution in [0.3, 0.4) is 0 Å². The first-order valence-corrected chi connectivity index (χ1v) is 7.07. The number of rotatable bonds is 6. The number of hydrogen-bond acceptors (Lipinski definition) is 3. The SMILES string of the molecule is CC(Nc1cccc(CO)c1)C(=O)NCc1ccccc1F. The van der Waals surface area contributed by atoms with Gasteiger partial charge in [-0.3, -0.25) is 4.79 Å². The summed E-state index contributed by atoms with van der Waals surface area (Å²) in [5.74, 6) is -0.559. The van der Waals surface area contributed by atoms with Gasteiger partial charge in [0.25, 0.3) is 0 Å². The van der Waals surface area contributed by atoms with Crippen LogP contribution in [0.1, 0.15) is 18.1 Å². The Bertz CT molecular complexity index is 646. The molecule has 1 amide bonds. The second-order valence-corrected chi connectivity index (χ2v) is 5.03. The number of aliphatic hydroxyl groups is 1. The molecule has 0 spiro atoms. The summed E-state index contributed by atoms with van der Waals surface area (Å²) in [7, 11) is 0. The average Bonchev–Trinajstić information content (AvgIpc) is 2.54. The molecular formula is C17H19FN2O2. The van der Waals surface area contributed by atoms with E-state index >= 15 is 0 Å². The summed E-state index contributed by atoms with van der Waals surface area (Å²) < 4.78 is 13.5. The fourth-order valence-electron chi connectivity index (χ4n) is 2.05. The normalized spacial score (nSPS) is 11.8. The van der Waals surface area contributed by atoms with Gasteiger partial charge in [0.05, 0.1) is 6.61 Å². The first kappa shape index (κ1) is 16.0. The molecule has 5 heteroatoms. The monoisotopic (exact) mass is 302 g/mol. The predicted molar refractivity (Wildman–Crippen MR) is 83.7 cm³/mol. The van der Waals surface area contributed by atoms with E-state index in [0.29, 0.717) is 5.56 Å². The van der Waals surface area contributed by atoms with E-state index in [4.69, 9.17) is 5.11 Å². The molecule has 0 saturated carbocycles. The minimum atomic E-state index is -0.472. The van der Waals surface area contributed by atoms with Crippen LogP contribution in [0.15, 0.2) is 48.5 Å². The summed E-state index contributed by atoms with van der Waals surface area (Å²) in [5, 5.41) is 14.8. The van der Waals surface area contributed by atoms with Crippen LogP contribution in [0.2, 0.25) is 0 Å². The summed E-state index contributed by atoms with van der Waals surface area (Å²) in [6.45, 7) is 1.82. The smallest absolute Gasteiger partial charge is 0.242 e. The lowest BCUT2D eigenvalue weighted by Gasteiger charge is -2.16. The number of anilines is 1. The average molecular weight is 302 g/mol. The standard InChI is InChI=1S/C17H19FN2O2/c1-12(20-15-7-4-5-13(9-15)11-21)17(22)19-10-14-6-2-3-8-16(14)18/h2-9,12,20-21H,10-11H2,1H3,(H,19,22). The van der Waals surface area contributed by atoms with Crippen LogP contribution in [0.5, 0.6) is 0 Å². The second kappa shape index (κ2) is 7.56. The lowest BCUT2D eigenvalue weighted by atomic mass is 10.2. The summed E-state index contributed by atoms with van der Waals surface area (Å²) in [6, 6.07) is 13.1. The van der Waals surface area contributed by atoms with E-state index in [9.17, 15) is 9.18 Å². The molecule has 0 aliphatic carbocycles. The molecule has 2 aromatic rings. The Morgan fingerprint density at radius 3 is 2.73 bits per heavy atom. The van der Waals surface area contributed by atoms with Crippen molar-refractivity contribution in [2.24, 2.45) is 0 Å². The van der Waals surface area contributed by atoms with Crippen LogP contribution < -0.4 is 10.6 Å². The molecule has 0 heterocycles. The molecule has 0 bridgehead atoms. The molecule has 0 radical (unpaired) electrons. The molecule has 1 atom stereocenters. The van der Waals surface area contributed by atoms with Gasteiger partial charge in [-0.05, 0) is 30.7 Å². The number of halogens is 1. The highest BCUT2D eigenvalue weighted by Crippen LogP contribution is 2.12. The molecule has 2 rings (SSSR count). The number of amides is 1. The van der Waals surface area contributed by atoms with Crippen molar-refractivity contribution in [3.8, 4) is 0 Å². The van der Waals surface area contributed by atoms with Gasteiger partial charge in [0.1, 0.15) is 11.9 Å². The summed E-state index contributed by atoms with van der Waals surface area (Å²) in [4.78, 5) is 12.0. The van der Waals surface area contributed by atoms with E-state index in [1.54, 1.807) is 43.3 Å². The van der Waals surface area contributed by atoms with E-state index in [2.05, 4.69) is 10.6 Å².